The van der Waals surface area contributed by atoms with E-state index in [9.17, 15) is 5.21 Å². The maximum atomic E-state index is 9.23. The van der Waals surface area contributed by atoms with Crippen LogP contribution >= 0.6 is 0 Å². The molecule has 0 aliphatic rings. The molecule has 0 bridgehead atoms. The third kappa shape index (κ3) is 4.60. The molecule has 0 aromatic heterocycles. The van der Waals surface area contributed by atoms with Crippen LogP contribution in [0.3, 0.4) is 0 Å². The molecule has 1 atom stereocenters. The highest BCUT2D eigenvalue weighted by molar-refractivity contribution is 4.61. The van der Waals surface area contributed by atoms with E-state index in [1.165, 1.54) is 0 Å². The zero-order chi connectivity index (χ0) is 9.40. The molecule has 74 valence electrons. The summed E-state index contributed by atoms with van der Waals surface area (Å²) in [5, 5.41) is 21.8. The molecule has 0 rings (SSSR count). The minimum atomic E-state index is -0.475. The van der Waals surface area contributed by atoms with Crippen LogP contribution in [0.4, 0.5) is 0 Å². The van der Waals surface area contributed by atoms with Crippen molar-refractivity contribution >= 4 is 0 Å². The van der Waals surface area contributed by atoms with Gasteiger partial charge in [-0.25, -0.2) is 0 Å². The van der Waals surface area contributed by atoms with Crippen LogP contribution in [-0.2, 0) is 0 Å². The van der Waals surface area contributed by atoms with Crippen LogP contribution in [-0.4, -0.2) is 54.3 Å². The number of hydrogen-bond acceptors (Lipinski definition) is 6. The summed E-state index contributed by atoms with van der Waals surface area (Å²) in [4.78, 5) is 0. The molecule has 12 heavy (non-hydrogen) atoms. The first-order valence-electron chi connectivity index (χ1n) is 3.96. The number of nitrogens with two attached hydrogens (primary N) is 2. The van der Waals surface area contributed by atoms with Crippen molar-refractivity contribution in [2.45, 2.75) is 6.17 Å². The summed E-state index contributed by atoms with van der Waals surface area (Å²) in [5.41, 5.74) is 10.5. The topological polar surface area (TPSA) is 108 Å². The molecule has 0 aromatic carbocycles. The van der Waals surface area contributed by atoms with Crippen molar-refractivity contribution in [3.63, 3.8) is 0 Å². The standard InChI is InChI=1S/C6H18N4O2/c7-1-3-9-6(5-11)10(12)4-2-8/h6,9,11-12H,1-5,7-8H2. The van der Waals surface area contributed by atoms with Crippen LogP contribution in [0.1, 0.15) is 0 Å². The Hall–Kier alpha value is -0.240. The molecule has 0 spiro atoms. The summed E-state index contributed by atoms with van der Waals surface area (Å²) < 4.78 is 0. The van der Waals surface area contributed by atoms with Gasteiger partial charge in [0.05, 0.1) is 6.61 Å². The molecule has 0 aliphatic carbocycles. The van der Waals surface area contributed by atoms with Gasteiger partial charge < -0.3 is 21.8 Å². The van der Waals surface area contributed by atoms with Gasteiger partial charge in [-0.05, 0) is 0 Å². The predicted octanol–water partition coefficient (Wildman–Crippen LogP) is -2.50. The number of aliphatic hydroxyl groups excluding tert-OH is 1. The Balaban J connectivity index is 3.62. The van der Waals surface area contributed by atoms with E-state index < -0.39 is 6.17 Å². The summed E-state index contributed by atoms with van der Waals surface area (Å²) in [5.74, 6) is 0. The molecule has 0 radical (unpaired) electrons. The third-order valence-corrected chi connectivity index (χ3v) is 1.42. The summed E-state index contributed by atoms with van der Waals surface area (Å²) in [6.07, 6.45) is -0.475. The Bertz CT molecular complexity index is 104. The normalized spacial score (nSPS) is 13.8. The monoisotopic (exact) mass is 178 g/mol. The lowest BCUT2D eigenvalue weighted by molar-refractivity contribution is -0.144. The molecule has 0 amide bonds. The lowest BCUT2D eigenvalue weighted by Gasteiger charge is -2.24. The Kier molecular flexibility index (Phi) is 7.26. The number of nitrogens with zero attached hydrogens (tertiary/aromatic N) is 1. The van der Waals surface area contributed by atoms with Crippen LogP contribution in [0.25, 0.3) is 0 Å². The molecule has 1 unspecified atom stereocenters. The molecule has 6 nitrogen and oxygen atoms in total. The molecule has 0 aromatic rings. The zero-order valence-electron chi connectivity index (χ0n) is 7.11. The van der Waals surface area contributed by atoms with Gasteiger partial charge in [-0.15, -0.1) is 0 Å². The number of nitrogens with one attached hydrogen (secondary N) is 1. The van der Waals surface area contributed by atoms with Gasteiger partial charge in [0, 0.05) is 26.2 Å². The Morgan fingerprint density at radius 3 is 2.42 bits per heavy atom. The van der Waals surface area contributed by atoms with E-state index in [4.69, 9.17) is 16.6 Å². The second-order valence-corrected chi connectivity index (χ2v) is 2.39. The fourth-order valence-electron chi connectivity index (χ4n) is 0.802. The highest BCUT2D eigenvalue weighted by Gasteiger charge is 2.12. The molecule has 6 heteroatoms. The van der Waals surface area contributed by atoms with Crippen molar-refractivity contribution < 1.29 is 10.3 Å². The summed E-state index contributed by atoms with van der Waals surface area (Å²) in [7, 11) is 0. The van der Waals surface area contributed by atoms with Gasteiger partial charge in [-0.3, -0.25) is 5.32 Å². The van der Waals surface area contributed by atoms with Crippen molar-refractivity contribution in [2.75, 3.05) is 32.8 Å². The number of hydroxylamine groups is 2. The van der Waals surface area contributed by atoms with Crippen molar-refractivity contribution in [3.8, 4) is 0 Å². The zero-order valence-corrected chi connectivity index (χ0v) is 7.11. The third-order valence-electron chi connectivity index (χ3n) is 1.42. The van der Waals surface area contributed by atoms with Crippen LogP contribution in [0, 0.1) is 0 Å². The highest BCUT2D eigenvalue weighted by Crippen LogP contribution is 1.88. The summed E-state index contributed by atoms with van der Waals surface area (Å²) in [6, 6.07) is 0. The van der Waals surface area contributed by atoms with Gasteiger partial charge >= 0.3 is 0 Å². The van der Waals surface area contributed by atoms with Gasteiger partial charge in [-0.2, -0.15) is 5.06 Å². The average Bonchev–Trinajstić information content (AvgIpc) is 2.06. The molecule has 0 fully saturated rings. The van der Waals surface area contributed by atoms with E-state index >= 15 is 0 Å². The van der Waals surface area contributed by atoms with E-state index in [1.807, 2.05) is 0 Å². The summed E-state index contributed by atoms with van der Waals surface area (Å²) >= 11 is 0. The Labute approximate surface area is 72.1 Å². The van der Waals surface area contributed by atoms with Gasteiger partial charge in [0.1, 0.15) is 6.17 Å². The molecule has 0 aliphatic heterocycles. The van der Waals surface area contributed by atoms with Crippen LogP contribution in [0.15, 0.2) is 0 Å². The lowest BCUT2D eigenvalue weighted by Crippen LogP contribution is -2.49. The predicted molar refractivity (Wildman–Crippen MR) is 45.5 cm³/mol. The van der Waals surface area contributed by atoms with Crippen LogP contribution in [0.5, 0.6) is 0 Å². The highest BCUT2D eigenvalue weighted by atomic mass is 16.5. The van der Waals surface area contributed by atoms with E-state index in [0.29, 0.717) is 26.2 Å². The fourth-order valence-corrected chi connectivity index (χ4v) is 0.802. The smallest absolute Gasteiger partial charge is 0.108 e. The maximum absolute atomic E-state index is 9.23. The van der Waals surface area contributed by atoms with Crippen LogP contribution < -0.4 is 16.8 Å². The average molecular weight is 178 g/mol. The van der Waals surface area contributed by atoms with E-state index in [1.54, 1.807) is 0 Å². The maximum Gasteiger partial charge on any atom is 0.108 e. The first kappa shape index (κ1) is 11.8. The molecular formula is C6H18N4O2. The lowest BCUT2D eigenvalue weighted by atomic mass is 10.4. The number of aliphatic hydroxyl groups is 1. The van der Waals surface area contributed by atoms with Crippen molar-refractivity contribution in [1.29, 1.82) is 0 Å². The van der Waals surface area contributed by atoms with Gasteiger partial charge in [0.25, 0.3) is 0 Å². The van der Waals surface area contributed by atoms with Crippen LogP contribution in [0.2, 0.25) is 0 Å². The number of hydrogen-bond donors (Lipinski definition) is 5. The van der Waals surface area contributed by atoms with Gasteiger partial charge in [-0.1, -0.05) is 0 Å². The molecule has 0 saturated carbocycles. The minimum Gasteiger partial charge on any atom is -0.393 e. The van der Waals surface area contributed by atoms with E-state index in [0.717, 1.165) is 5.06 Å². The summed E-state index contributed by atoms with van der Waals surface area (Å²) in [6.45, 7) is 1.51. The van der Waals surface area contributed by atoms with E-state index in [2.05, 4.69) is 5.32 Å². The van der Waals surface area contributed by atoms with Crippen molar-refractivity contribution in [3.05, 3.63) is 0 Å². The van der Waals surface area contributed by atoms with Gasteiger partial charge in [0.15, 0.2) is 0 Å². The molecule has 0 heterocycles. The Morgan fingerprint density at radius 1 is 1.33 bits per heavy atom. The van der Waals surface area contributed by atoms with Crippen molar-refractivity contribution in [2.24, 2.45) is 11.5 Å². The molecule has 7 N–H and O–H groups in total. The fraction of sp³-hybridized carbons (Fsp3) is 1.00. The van der Waals surface area contributed by atoms with Crippen molar-refractivity contribution in [1.82, 2.24) is 10.4 Å². The first-order chi connectivity index (χ1) is 5.76. The number of rotatable bonds is 7. The van der Waals surface area contributed by atoms with Gasteiger partial charge in [0.2, 0.25) is 0 Å². The van der Waals surface area contributed by atoms with E-state index in [-0.39, 0.29) is 6.61 Å². The second kappa shape index (κ2) is 7.41. The minimum absolute atomic E-state index is 0.170. The Morgan fingerprint density at radius 2 is 2.00 bits per heavy atom. The molecular weight excluding hydrogens is 160 g/mol. The second-order valence-electron chi connectivity index (χ2n) is 2.39. The SMILES string of the molecule is NCCNC(CO)N(O)CCN. The first-order valence-corrected chi connectivity index (χ1v) is 3.96. The quantitative estimate of drug-likeness (QED) is 0.218. The molecule has 0 saturated heterocycles. The largest absolute Gasteiger partial charge is 0.393 e.